The van der Waals surface area contributed by atoms with E-state index < -0.39 is 0 Å². The van der Waals surface area contributed by atoms with Crippen LogP contribution in [0.25, 0.3) is 0 Å². The lowest BCUT2D eigenvalue weighted by molar-refractivity contribution is -0.127. The number of nitrogens with zero attached hydrogens (tertiary/aromatic N) is 3. The van der Waals surface area contributed by atoms with Gasteiger partial charge in [0.05, 0.1) is 13.0 Å². The van der Waals surface area contributed by atoms with Crippen LogP contribution in [0.2, 0.25) is 0 Å². The summed E-state index contributed by atoms with van der Waals surface area (Å²) in [6.07, 6.45) is 7.90. The second-order valence-electron chi connectivity index (χ2n) is 6.81. The normalized spacial score (nSPS) is 21.8. The van der Waals surface area contributed by atoms with Crippen molar-refractivity contribution in [2.24, 2.45) is 13.0 Å². The van der Waals surface area contributed by atoms with Crippen molar-refractivity contribution in [3.05, 3.63) is 11.8 Å². The van der Waals surface area contributed by atoms with Gasteiger partial charge in [0.1, 0.15) is 5.56 Å². The molecular weight excluding hydrogens is 308 g/mol. The minimum absolute atomic E-state index is 0.0950. The van der Waals surface area contributed by atoms with E-state index in [1.807, 2.05) is 0 Å². The van der Waals surface area contributed by atoms with Crippen molar-refractivity contribution < 1.29 is 14.3 Å². The second-order valence-corrected chi connectivity index (χ2v) is 6.81. The molecule has 7 heteroatoms. The smallest absolute Gasteiger partial charge is 0.260 e. The van der Waals surface area contributed by atoms with Gasteiger partial charge in [-0.3, -0.25) is 14.3 Å². The number of likely N-dealkylation sites (tertiary alicyclic amines) is 1. The van der Waals surface area contributed by atoms with Crippen LogP contribution in [-0.4, -0.2) is 52.7 Å². The molecule has 1 N–H and O–H groups in total. The van der Waals surface area contributed by atoms with Gasteiger partial charge in [-0.05, 0) is 25.7 Å². The molecule has 0 bridgehead atoms. The van der Waals surface area contributed by atoms with E-state index in [1.54, 1.807) is 22.8 Å². The zero-order chi connectivity index (χ0) is 17.1. The van der Waals surface area contributed by atoms with E-state index in [1.165, 1.54) is 20.0 Å². The van der Waals surface area contributed by atoms with Gasteiger partial charge in [-0.25, -0.2) is 0 Å². The van der Waals surface area contributed by atoms with E-state index in [0.29, 0.717) is 30.6 Å². The van der Waals surface area contributed by atoms with E-state index in [0.717, 1.165) is 25.7 Å². The van der Waals surface area contributed by atoms with Gasteiger partial charge in [0.25, 0.3) is 5.91 Å². The lowest BCUT2D eigenvalue weighted by Gasteiger charge is -2.32. The number of methoxy groups -OCH3 is 1. The molecule has 2 amide bonds. The fourth-order valence-corrected chi connectivity index (χ4v) is 3.70. The largest absolute Gasteiger partial charge is 0.479 e. The average molecular weight is 334 g/mol. The fourth-order valence-electron chi connectivity index (χ4n) is 3.70. The Kier molecular flexibility index (Phi) is 5.06. The molecule has 0 aromatic carbocycles. The Morgan fingerprint density at radius 1 is 1.25 bits per heavy atom. The molecule has 1 aromatic heterocycles. The van der Waals surface area contributed by atoms with Crippen LogP contribution in [0.1, 0.15) is 48.9 Å². The number of carbonyl (C=O) groups is 2. The predicted molar refractivity (Wildman–Crippen MR) is 88.8 cm³/mol. The minimum atomic E-state index is -0.119. The molecule has 0 radical (unpaired) electrons. The van der Waals surface area contributed by atoms with Crippen LogP contribution >= 0.6 is 0 Å². The monoisotopic (exact) mass is 334 g/mol. The summed E-state index contributed by atoms with van der Waals surface area (Å²) in [6.45, 7) is 1.14. The number of hydrogen-bond acceptors (Lipinski definition) is 4. The van der Waals surface area contributed by atoms with Crippen LogP contribution in [0.4, 0.5) is 0 Å². The third kappa shape index (κ3) is 3.55. The topological polar surface area (TPSA) is 76.5 Å². The minimum Gasteiger partial charge on any atom is -0.479 e. The van der Waals surface area contributed by atoms with Crippen molar-refractivity contribution in [2.75, 3.05) is 20.2 Å². The molecule has 1 unspecified atom stereocenters. The number of ether oxygens (including phenoxy) is 1. The number of piperidine rings is 1. The standard InChI is InChI=1S/C17H26N4O3/c1-20-11-14(16(19-20)24-2)17(23)21-9-5-6-12(10-21)15(22)18-13-7-3-4-8-13/h11-13H,3-10H2,1-2H3,(H,18,22). The number of aromatic nitrogens is 2. The molecule has 1 saturated heterocycles. The first-order valence-corrected chi connectivity index (χ1v) is 8.75. The highest BCUT2D eigenvalue weighted by atomic mass is 16.5. The number of amides is 2. The van der Waals surface area contributed by atoms with Gasteiger partial charge in [0.15, 0.2) is 0 Å². The fraction of sp³-hybridized carbons (Fsp3) is 0.706. The third-order valence-electron chi connectivity index (χ3n) is 5.00. The molecule has 0 spiro atoms. The summed E-state index contributed by atoms with van der Waals surface area (Å²) in [7, 11) is 3.26. The molecule has 1 atom stereocenters. The van der Waals surface area contributed by atoms with E-state index in [9.17, 15) is 9.59 Å². The Balaban J connectivity index is 1.64. The van der Waals surface area contributed by atoms with Crippen LogP contribution < -0.4 is 10.1 Å². The summed E-state index contributed by atoms with van der Waals surface area (Å²) in [5.41, 5.74) is 0.455. The third-order valence-corrected chi connectivity index (χ3v) is 5.00. The molecule has 1 aliphatic heterocycles. The van der Waals surface area contributed by atoms with Crippen molar-refractivity contribution in [3.63, 3.8) is 0 Å². The van der Waals surface area contributed by atoms with Crippen LogP contribution in [0.3, 0.4) is 0 Å². The summed E-state index contributed by atoms with van der Waals surface area (Å²) >= 11 is 0. The Bertz CT molecular complexity index is 607. The van der Waals surface area contributed by atoms with Gasteiger partial charge in [-0.2, -0.15) is 0 Å². The van der Waals surface area contributed by atoms with Crippen LogP contribution in [0.5, 0.6) is 5.88 Å². The average Bonchev–Trinajstić information content (AvgIpc) is 3.23. The van der Waals surface area contributed by atoms with Crippen molar-refractivity contribution in [3.8, 4) is 5.88 Å². The van der Waals surface area contributed by atoms with Crippen molar-refractivity contribution in [2.45, 2.75) is 44.6 Å². The van der Waals surface area contributed by atoms with E-state index in [2.05, 4.69) is 10.4 Å². The van der Waals surface area contributed by atoms with Gasteiger partial charge in [-0.15, -0.1) is 5.10 Å². The molecule has 2 fully saturated rings. The van der Waals surface area contributed by atoms with Gasteiger partial charge in [0, 0.05) is 32.4 Å². The molecule has 1 aromatic rings. The maximum atomic E-state index is 12.8. The van der Waals surface area contributed by atoms with Gasteiger partial charge < -0.3 is 15.0 Å². The number of nitrogens with one attached hydrogen (secondary N) is 1. The van der Waals surface area contributed by atoms with Crippen molar-refractivity contribution in [1.82, 2.24) is 20.0 Å². The van der Waals surface area contributed by atoms with E-state index >= 15 is 0 Å². The lowest BCUT2D eigenvalue weighted by Crippen LogP contribution is -2.47. The Morgan fingerprint density at radius 2 is 2.00 bits per heavy atom. The van der Waals surface area contributed by atoms with Crippen LogP contribution in [0, 0.1) is 5.92 Å². The number of hydrogen-bond donors (Lipinski definition) is 1. The number of rotatable bonds is 4. The summed E-state index contributed by atoms with van der Waals surface area (Å²) in [6, 6.07) is 0.321. The van der Waals surface area contributed by atoms with Crippen LogP contribution in [0.15, 0.2) is 6.20 Å². The molecule has 7 nitrogen and oxygen atoms in total. The molecule has 132 valence electrons. The predicted octanol–water partition coefficient (Wildman–Crippen LogP) is 1.34. The van der Waals surface area contributed by atoms with Gasteiger partial charge in [0.2, 0.25) is 11.8 Å². The van der Waals surface area contributed by atoms with Crippen LogP contribution in [-0.2, 0) is 11.8 Å². The quantitative estimate of drug-likeness (QED) is 0.901. The molecule has 2 aliphatic rings. The molecule has 1 aliphatic carbocycles. The van der Waals surface area contributed by atoms with Gasteiger partial charge >= 0.3 is 0 Å². The molecule has 2 heterocycles. The summed E-state index contributed by atoms with van der Waals surface area (Å²) < 4.78 is 6.75. The summed E-state index contributed by atoms with van der Waals surface area (Å²) in [5, 5.41) is 7.29. The highest BCUT2D eigenvalue weighted by molar-refractivity contribution is 5.96. The van der Waals surface area contributed by atoms with E-state index in [4.69, 9.17) is 4.74 Å². The molecule has 3 rings (SSSR count). The first-order valence-electron chi connectivity index (χ1n) is 8.75. The first-order chi connectivity index (χ1) is 11.6. The molecule has 24 heavy (non-hydrogen) atoms. The maximum Gasteiger partial charge on any atom is 0.260 e. The van der Waals surface area contributed by atoms with Gasteiger partial charge in [-0.1, -0.05) is 12.8 Å². The highest BCUT2D eigenvalue weighted by Gasteiger charge is 2.32. The summed E-state index contributed by atoms with van der Waals surface area (Å²) in [4.78, 5) is 27.0. The van der Waals surface area contributed by atoms with E-state index in [-0.39, 0.29) is 17.7 Å². The number of carbonyl (C=O) groups excluding carboxylic acids is 2. The van der Waals surface area contributed by atoms with Crippen molar-refractivity contribution in [1.29, 1.82) is 0 Å². The first kappa shape index (κ1) is 16.8. The summed E-state index contributed by atoms with van der Waals surface area (Å²) in [5.74, 6) is 0.196. The molecule has 1 saturated carbocycles. The highest BCUT2D eigenvalue weighted by Crippen LogP contribution is 2.24. The molecular formula is C17H26N4O3. The SMILES string of the molecule is COc1nn(C)cc1C(=O)N1CCCC(C(=O)NC2CCCC2)C1. The Hall–Kier alpha value is -2.05. The van der Waals surface area contributed by atoms with Crippen molar-refractivity contribution >= 4 is 11.8 Å². The lowest BCUT2D eigenvalue weighted by atomic mass is 9.96. The zero-order valence-electron chi connectivity index (χ0n) is 14.5. The Labute approximate surface area is 142 Å². The second kappa shape index (κ2) is 7.23. The zero-order valence-corrected chi connectivity index (χ0v) is 14.5. The number of aryl methyl sites for hydroxylation is 1. The maximum absolute atomic E-state index is 12.8. The Morgan fingerprint density at radius 3 is 2.71 bits per heavy atom.